The molecule has 0 saturated heterocycles. The van der Waals surface area contributed by atoms with E-state index in [-0.39, 0.29) is 34.2 Å². The molecule has 1 aromatic heterocycles. The Kier molecular flexibility index (Phi) is 4.25. The lowest BCUT2D eigenvalue weighted by molar-refractivity contribution is -0.314. The van der Waals surface area contributed by atoms with E-state index in [4.69, 9.17) is 4.42 Å². The monoisotopic (exact) mass is 372 g/mol. The first-order chi connectivity index (χ1) is 11.9. The lowest BCUT2D eigenvalue weighted by Gasteiger charge is -2.42. The van der Waals surface area contributed by atoms with Gasteiger partial charge in [0.05, 0.1) is 5.92 Å². The number of amides is 1. The van der Waals surface area contributed by atoms with Crippen LogP contribution in [0.4, 0.5) is 13.2 Å². The van der Waals surface area contributed by atoms with Gasteiger partial charge in [0.15, 0.2) is 5.76 Å². The first-order valence-electron chi connectivity index (χ1n) is 8.63. The summed E-state index contributed by atoms with van der Waals surface area (Å²) >= 11 is 0. The molecule has 144 valence electrons. The van der Waals surface area contributed by atoms with Crippen molar-refractivity contribution in [1.29, 1.82) is 0 Å². The predicted molar refractivity (Wildman–Crippen MR) is 88.3 cm³/mol. The minimum absolute atomic E-state index is 0.0127. The van der Waals surface area contributed by atoms with E-state index >= 15 is 0 Å². The van der Waals surface area contributed by atoms with Crippen LogP contribution in [-0.2, 0) is 0 Å². The van der Waals surface area contributed by atoms with Gasteiger partial charge in [-0.1, -0.05) is 20.8 Å². The van der Waals surface area contributed by atoms with Crippen LogP contribution in [-0.4, -0.2) is 33.6 Å². The SMILES string of the molecule is Cc1ccc(C(=O)N2N=C3CC[C@H](C(C)(C)C)C[C@H]3[C@]2(O)C(F)(F)F)o1. The highest BCUT2D eigenvalue weighted by atomic mass is 19.4. The Labute approximate surface area is 149 Å². The largest absolute Gasteiger partial charge is 0.456 e. The molecule has 0 unspecified atom stereocenters. The number of hydrazone groups is 1. The molecule has 3 rings (SSSR count). The lowest BCUT2D eigenvalue weighted by atomic mass is 9.66. The molecule has 26 heavy (non-hydrogen) atoms. The van der Waals surface area contributed by atoms with Crippen molar-refractivity contribution in [2.75, 3.05) is 0 Å². The zero-order valence-corrected chi connectivity index (χ0v) is 15.2. The number of carbonyl (C=O) groups excluding carboxylic acids is 1. The number of nitrogens with zero attached hydrogens (tertiary/aromatic N) is 2. The molecule has 1 N–H and O–H groups in total. The summed E-state index contributed by atoms with van der Waals surface area (Å²) in [5.74, 6) is -2.25. The summed E-state index contributed by atoms with van der Waals surface area (Å²) in [7, 11) is 0. The minimum Gasteiger partial charge on any atom is -0.456 e. The molecule has 1 aliphatic carbocycles. The Morgan fingerprint density at radius 2 is 2.00 bits per heavy atom. The molecular formula is C18H23F3N2O3. The number of fused-ring (bicyclic) bond motifs is 1. The van der Waals surface area contributed by atoms with Gasteiger partial charge < -0.3 is 9.52 Å². The number of carbonyl (C=O) groups is 1. The molecular weight excluding hydrogens is 349 g/mol. The molecule has 0 bridgehead atoms. The normalized spacial score (nSPS) is 29.5. The van der Waals surface area contributed by atoms with Gasteiger partial charge in [0.25, 0.3) is 5.72 Å². The second kappa shape index (κ2) is 5.84. The fourth-order valence-electron chi connectivity index (χ4n) is 3.86. The highest BCUT2D eigenvalue weighted by Gasteiger charge is 2.69. The van der Waals surface area contributed by atoms with E-state index in [9.17, 15) is 23.1 Å². The average molecular weight is 372 g/mol. The Morgan fingerprint density at radius 1 is 1.35 bits per heavy atom. The fraction of sp³-hybridized carbons (Fsp3) is 0.667. The van der Waals surface area contributed by atoms with Crippen molar-refractivity contribution < 1.29 is 27.5 Å². The van der Waals surface area contributed by atoms with E-state index in [0.29, 0.717) is 18.6 Å². The van der Waals surface area contributed by atoms with Gasteiger partial charge in [-0.25, -0.2) is 0 Å². The first kappa shape index (κ1) is 18.9. The van der Waals surface area contributed by atoms with E-state index in [1.54, 1.807) is 6.92 Å². The smallest absolute Gasteiger partial charge is 0.439 e. The third-order valence-electron chi connectivity index (χ3n) is 5.49. The van der Waals surface area contributed by atoms with Gasteiger partial charge in [0, 0.05) is 5.71 Å². The second-order valence-corrected chi connectivity index (χ2v) is 8.23. The van der Waals surface area contributed by atoms with Crippen LogP contribution in [0.25, 0.3) is 0 Å². The Balaban J connectivity index is 2.01. The van der Waals surface area contributed by atoms with E-state index in [1.165, 1.54) is 12.1 Å². The molecule has 1 fully saturated rings. The molecule has 2 heterocycles. The van der Waals surface area contributed by atoms with Gasteiger partial charge in [0.2, 0.25) is 0 Å². The average Bonchev–Trinajstić information content (AvgIpc) is 3.07. The summed E-state index contributed by atoms with van der Waals surface area (Å²) in [6.45, 7) is 7.48. The summed E-state index contributed by atoms with van der Waals surface area (Å²) in [6.07, 6.45) is -3.92. The molecule has 0 aromatic carbocycles. The zero-order valence-electron chi connectivity index (χ0n) is 15.2. The van der Waals surface area contributed by atoms with Gasteiger partial charge >= 0.3 is 12.1 Å². The number of alkyl halides is 3. The molecule has 5 nitrogen and oxygen atoms in total. The van der Waals surface area contributed by atoms with E-state index < -0.39 is 23.7 Å². The van der Waals surface area contributed by atoms with Gasteiger partial charge in [-0.05, 0) is 49.7 Å². The number of aryl methyl sites for hydroxylation is 1. The summed E-state index contributed by atoms with van der Waals surface area (Å²) in [5, 5.41) is 14.8. The highest BCUT2D eigenvalue weighted by Crippen LogP contribution is 2.52. The van der Waals surface area contributed by atoms with Crippen LogP contribution in [0.3, 0.4) is 0 Å². The third kappa shape index (κ3) is 2.84. The molecule has 0 spiro atoms. The number of halogens is 3. The minimum atomic E-state index is -5.04. The standard InChI is InChI=1S/C18H23F3N2O3/c1-10-5-8-14(26-10)15(24)23-17(25,18(19,20)21)12-9-11(16(2,3)4)6-7-13(12)22-23/h5,8,11-12,25H,6-7,9H2,1-4H3/t11-,12+,17-/m0/s1. The predicted octanol–water partition coefficient (Wildman–Crippen LogP) is 4.11. The summed E-state index contributed by atoms with van der Waals surface area (Å²) in [6, 6.07) is 2.76. The quantitative estimate of drug-likeness (QED) is 0.807. The maximum Gasteiger partial charge on any atom is 0.439 e. The van der Waals surface area contributed by atoms with Crippen molar-refractivity contribution in [3.05, 3.63) is 23.7 Å². The van der Waals surface area contributed by atoms with Crippen LogP contribution in [0, 0.1) is 24.2 Å². The molecule has 1 aliphatic heterocycles. The second-order valence-electron chi connectivity index (χ2n) is 8.23. The van der Waals surface area contributed by atoms with E-state index in [2.05, 4.69) is 5.10 Å². The van der Waals surface area contributed by atoms with E-state index in [0.717, 1.165) is 0 Å². The Bertz CT molecular complexity index is 748. The molecule has 2 aliphatic rings. The van der Waals surface area contributed by atoms with Gasteiger partial charge in [0.1, 0.15) is 5.76 Å². The maximum atomic E-state index is 13.9. The molecule has 1 saturated carbocycles. The molecule has 3 atom stereocenters. The van der Waals surface area contributed by atoms with Crippen LogP contribution in [0.15, 0.2) is 21.7 Å². The highest BCUT2D eigenvalue weighted by molar-refractivity contribution is 5.98. The third-order valence-corrected chi connectivity index (χ3v) is 5.49. The van der Waals surface area contributed by atoms with Gasteiger partial charge in [-0.2, -0.15) is 23.3 Å². The Hall–Kier alpha value is -1.83. The zero-order chi connectivity index (χ0) is 19.5. The first-order valence-corrected chi connectivity index (χ1v) is 8.63. The number of rotatable bonds is 1. The molecule has 0 radical (unpaired) electrons. The number of furan rings is 1. The maximum absolute atomic E-state index is 13.9. The number of hydrogen-bond donors (Lipinski definition) is 1. The van der Waals surface area contributed by atoms with Crippen LogP contribution in [0.1, 0.15) is 56.3 Å². The van der Waals surface area contributed by atoms with Crippen LogP contribution >= 0.6 is 0 Å². The van der Waals surface area contributed by atoms with Crippen LogP contribution in [0.5, 0.6) is 0 Å². The topological polar surface area (TPSA) is 66.0 Å². The van der Waals surface area contributed by atoms with Crippen molar-refractivity contribution in [2.45, 2.75) is 58.9 Å². The summed E-state index contributed by atoms with van der Waals surface area (Å²) in [4.78, 5) is 12.6. The van der Waals surface area contributed by atoms with Crippen molar-refractivity contribution in [3.8, 4) is 0 Å². The fourth-order valence-corrected chi connectivity index (χ4v) is 3.86. The van der Waals surface area contributed by atoms with E-state index in [1.807, 2.05) is 20.8 Å². The van der Waals surface area contributed by atoms with Gasteiger partial charge in [-0.3, -0.25) is 4.79 Å². The lowest BCUT2D eigenvalue weighted by Crippen LogP contribution is -2.62. The molecule has 8 heteroatoms. The summed E-state index contributed by atoms with van der Waals surface area (Å²) in [5.41, 5.74) is -3.33. The van der Waals surface area contributed by atoms with Crippen LogP contribution in [0.2, 0.25) is 0 Å². The number of hydrogen-bond acceptors (Lipinski definition) is 4. The van der Waals surface area contributed by atoms with Crippen molar-refractivity contribution in [1.82, 2.24) is 5.01 Å². The van der Waals surface area contributed by atoms with Gasteiger partial charge in [-0.15, -0.1) is 0 Å². The molecule has 1 amide bonds. The van der Waals surface area contributed by atoms with Crippen molar-refractivity contribution in [3.63, 3.8) is 0 Å². The van der Waals surface area contributed by atoms with Crippen molar-refractivity contribution >= 4 is 11.6 Å². The van der Waals surface area contributed by atoms with Crippen LogP contribution < -0.4 is 0 Å². The Morgan fingerprint density at radius 3 is 2.50 bits per heavy atom. The summed E-state index contributed by atoms with van der Waals surface area (Å²) < 4.78 is 46.9. The molecule has 1 aromatic rings. The number of aliphatic hydroxyl groups is 1. The van der Waals surface area contributed by atoms with Crippen molar-refractivity contribution in [2.24, 2.45) is 22.4 Å².